The number of nitrogens with one attached hydrogen (secondary N) is 3. The van der Waals surface area contributed by atoms with E-state index in [2.05, 4.69) is 10.6 Å². The number of phenolic OH excluding ortho intramolecular Hbond substituents is 1. The first kappa shape index (κ1) is 22.7. The molecule has 6 N–H and O–H groups in total. The Labute approximate surface area is 181 Å². The van der Waals surface area contributed by atoms with Gasteiger partial charge in [0.25, 0.3) is 5.91 Å². The molecule has 1 aliphatic carbocycles. The van der Waals surface area contributed by atoms with Crippen LogP contribution in [0.4, 0.5) is 0 Å². The van der Waals surface area contributed by atoms with Crippen molar-refractivity contribution in [3.05, 3.63) is 65.2 Å². The fraction of sp³-hybridized carbons (Fsp3) is 0.391. The molecular weight excluding hydrogens is 398 g/mol. The molecule has 8 heteroatoms. The molecule has 2 aromatic rings. The Kier molecular flexibility index (Phi) is 7.27. The van der Waals surface area contributed by atoms with Crippen molar-refractivity contribution in [1.82, 2.24) is 16.1 Å². The van der Waals surface area contributed by atoms with Crippen molar-refractivity contribution >= 4 is 11.8 Å². The van der Waals surface area contributed by atoms with Crippen LogP contribution in [0.15, 0.2) is 48.5 Å². The number of carbonyl (C=O) groups is 2. The van der Waals surface area contributed by atoms with Gasteiger partial charge in [0.1, 0.15) is 11.8 Å². The molecule has 31 heavy (non-hydrogen) atoms. The second-order valence-corrected chi connectivity index (χ2v) is 8.21. The van der Waals surface area contributed by atoms with Crippen LogP contribution >= 0.6 is 0 Å². The number of hydrogen-bond donors (Lipinski definition) is 6. The minimum Gasteiger partial charge on any atom is -0.508 e. The molecule has 0 saturated carbocycles. The van der Waals surface area contributed by atoms with Gasteiger partial charge < -0.3 is 20.8 Å². The van der Waals surface area contributed by atoms with Crippen LogP contribution in [-0.4, -0.2) is 45.4 Å². The number of hydrogen-bond acceptors (Lipinski definition) is 6. The quantitative estimate of drug-likeness (QED) is 0.277. The molecule has 4 atom stereocenters. The summed E-state index contributed by atoms with van der Waals surface area (Å²) in [5.41, 5.74) is 4.12. The molecule has 8 nitrogen and oxygen atoms in total. The summed E-state index contributed by atoms with van der Waals surface area (Å²) in [6.07, 6.45) is -0.197. The van der Waals surface area contributed by atoms with Crippen LogP contribution < -0.4 is 16.1 Å². The van der Waals surface area contributed by atoms with Crippen LogP contribution in [0.1, 0.15) is 36.6 Å². The first-order chi connectivity index (χ1) is 14.8. The predicted molar refractivity (Wildman–Crippen MR) is 114 cm³/mol. The summed E-state index contributed by atoms with van der Waals surface area (Å²) in [4.78, 5) is 25.8. The first-order valence-electron chi connectivity index (χ1n) is 10.3. The van der Waals surface area contributed by atoms with E-state index in [0.717, 1.165) is 11.1 Å². The standard InChI is InChI=1S/C23H29N3O5/c1-13(2)24-21(23(30)26-31)18(11-14-6-5-8-16(27)10-14)22(29)25-20-17-9-4-3-7-15(17)12-19(20)28/h3-10,13,18-21,24,27-28,31H,11-12H2,1-2H3,(H,25,29)(H,26,30)/t18-,19-,20+,21+/m1/s1. The van der Waals surface area contributed by atoms with Crippen LogP contribution in [-0.2, 0) is 22.4 Å². The number of fused-ring (bicyclic) bond motifs is 1. The molecule has 3 rings (SSSR count). The highest BCUT2D eigenvalue weighted by Gasteiger charge is 2.38. The maximum Gasteiger partial charge on any atom is 0.261 e. The zero-order valence-electron chi connectivity index (χ0n) is 17.6. The van der Waals surface area contributed by atoms with E-state index in [1.807, 2.05) is 38.1 Å². The van der Waals surface area contributed by atoms with E-state index >= 15 is 0 Å². The molecule has 0 heterocycles. The molecule has 0 radical (unpaired) electrons. The van der Waals surface area contributed by atoms with Gasteiger partial charge in [-0.1, -0.05) is 50.2 Å². The maximum atomic E-state index is 13.4. The number of rotatable bonds is 8. The average Bonchev–Trinajstić information content (AvgIpc) is 3.05. The van der Waals surface area contributed by atoms with Gasteiger partial charge >= 0.3 is 0 Å². The van der Waals surface area contributed by atoms with E-state index in [4.69, 9.17) is 0 Å². The monoisotopic (exact) mass is 427 g/mol. The second-order valence-electron chi connectivity index (χ2n) is 8.21. The van der Waals surface area contributed by atoms with Crippen molar-refractivity contribution in [3.8, 4) is 5.75 Å². The average molecular weight is 428 g/mol. The van der Waals surface area contributed by atoms with E-state index in [-0.39, 0.29) is 18.2 Å². The predicted octanol–water partition coefficient (Wildman–Crippen LogP) is 1.20. The summed E-state index contributed by atoms with van der Waals surface area (Å²) in [5.74, 6) is -2.03. The van der Waals surface area contributed by atoms with Crippen molar-refractivity contribution in [2.75, 3.05) is 0 Å². The summed E-state index contributed by atoms with van der Waals surface area (Å²) in [6.45, 7) is 3.66. The van der Waals surface area contributed by atoms with Gasteiger partial charge in [-0.15, -0.1) is 0 Å². The normalized spacial score (nSPS) is 19.5. The lowest BCUT2D eigenvalue weighted by Crippen LogP contribution is -2.55. The maximum absolute atomic E-state index is 13.4. The highest BCUT2D eigenvalue weighted by atomic mass is 16.5. The topological polar surface area (TPSA) is 131 Å². The van der Waals surface area contributed by atoms with Crippen LogP contribution in [0.2, 0.25) is 0 Å². The van der Waals surface area contributed by atoms with Gasteiger partial charge in [-0.05, 0) is 35.2 Å². The molecule has 2 amide bonds. The number of phenols is 1. The van der Waals surface area contributed by atoms with E-state index in [9.17, 15) is 25.0 Å². The lowest BCUT2D eigenvalue weighted by Gasteiger charge is -2.29. The van der Waals surface area contributed by atoms with E-state index in [1.54, 1.807) is 17.6 Å². The highest BCUT2D eigenvalue weighted by molar-refractivity contribution is 5.90. The van der Waals surface area contributed by atoms with Gasteiger partial charge in [0.2, 0.25) is 5.91 Å². The van der Waals surface area contributed by atoms with Crippen molar-refractivity contribution in [2.24, 2.45) is 5.92 Å². The lowest BCUT2D eigenvalue weighted by atomic mass is 9.89. The van der Waals surface area contributed by atoms with Gasteiger partial charge in [0.05, 0.1) is 18.1 Å². The molecule has 1 aliphatic rings. The Balaban J connectivity index is 1.90. The molecule has 0 fully saturated rings. The summed E-state index contributed by atoms with van der Waals surface area (Å²) >= 11 is 0. The van der Waals surface area contributed by atoms with Crippen LogP contribution in [0.5, 0.6) is 5.75 Å². The minimum atomic E-state index is -1.03. The fourth-order valence-electron chi connectivity index (χ4n) is 4.11. The Bertz CT molecular complexity index is 933. The zero-order chi connectivity index (χ0) is 22.5. The van der Waals surface area contributed by atoms with Crippen LogP contribution in [0.3, 0.4) is 0 Å². The Morgan fingerprint density at radius 3 is 2.52 bits per heavy atom. The van der Waals surface area contributed by atoms with Crippen molar-refractivity contribution < 1.29 is 25.0 Å². The third kappa shape index (κ3) is 5.41. The molecule has 166 valence electrons. The number of amides is 2. The van der Waals surface area contributed by atoms with Gasteiger partial charge in [-0.2, -0.15) is 0 Å². The number of aliphatic hydroxyl groups is 1. The van der Waals surface area contributed by atoms with Gasteiger partial charge in [0, 0.05) is 12.5 Å². The summed E-state index contributed by atoms with van der Waals surface area (Å²) in [7, 11) is 0. The van der Waals surface area contributed by atoms with Crippen molar-refractivity contribution in [2.45, 2.75) is 50.9 Å². The number of carbonyl (C=O) groups excluding carboxylic acids is 2. The minimum absolute atomic E-state index is 0.0526. The Hall–Kier alpha value is -2.94. The third-order valence-electron chi connectivity index (χ3n) is 5.51. The largest absolute Gasteiger partial charge is 0.508 e. The number of hydroxylamine groups is 1. The smallest absolute Gasteiger partial charge is 0.261 e. The molecule has 0 unspecified atom stereocenters. The van der Waals surface area contributed by atoms with Gasteiger partial charge in [-0.3, -0.25) is 14.8 Å². The fourth-order valence-corrected chi connectivity index (χ4v) is 4.11. The first-order valence-corrected chi connectivity index (χ1v) is 10.3. The molecule has 0 saturated heterocycles. The van der Waals surface area contributed by atoms with E-state index in [0.29, 0.717) is 12.0 Å². The third-order valence-corrected chi connectivity index (χ3v) is 5.51. The Morgan fingerprint density at radius 1 is 1.10 bits per heavy atom. The summed E-state index contributed by atoms with van der Waals surface area (Å²) < 4.78 is 0. The molecule has 0 spiro atoms. The van der Waals surface area contributed by atoms with Crippen molar-refractivity contribution in [1.29, 1.82) is 0 Å². The number of benzene rings is 2. The number of aromatic hydroxyl groups is 1. The molecule has 2 aromatic carbocycles. The second kappa shape index (κ2) is 9.91. The molecule has 0 aromatic heterocycles. The van der Waals surface area contributed by atoms with Gasteiger partial charge in [-0.25, -0.2) is 5.48 Å². The Morgan fingerprint density at radius 2 is 1.84 bits per heavy atom. The summed E-state index contributed by atoms with van der Waals surface area (Å²) in [5, 5.41) is 35.5. The molecule has 0 aliphatic heterocycles. The SMILES string of the molecule is CC(C)N[C@H](C(=O)NO)[C@@H](Cc1cccc(O)c1)C(=O)N[C@H]1c2ccccc2C[C@H]1O. The van der Waals surface area contributed by atoms with Crippen LogP contribution in [0.25, 0.3) is 0 Å². The van der Waals surface area contributed by atoms with E-state index < -0.39 is 35.9 Å². The van der Waals surface area contributed by atoms with Crippen molar-refractivity contribution in [3.63, 3.8) is 0 Å². The van der Waals surface area contributed by atoms with Crippen LogP contribution in [0, 0.1) is 5.92 Å². The molecular formula is C23H29N3O5. The molecule has 0 bridgehead atoms. The number of aliphatic hydroxyl groups excluding tert-OH is 1. The lowest BCUT2D eigenvalue weighted by molar-refractivity contribution is -0.138. The summed E-state index contributed by atoms with van der Waals surface area (Å²) in [6, 6.07) is 12.2. The van der Waals surface area contributed by atoms with E-state index in [1.165, 1.54) is 12.1 Å². The van der Waals surface area contributed by atoms with Gasteiger partial charge in [0.15, 0.2) is 0 Å². The zero-order valence-corrected chi connectivity index (χ0v) is 17.6. The highest BCUT2D eigenvalue weighted by Crippen LogP contribution is 2.32.